The van der Waals surface area contributed by atoms with Crippen LogP contribution in [0.15, 0.2) is 23.1 Å². The van der Waals surface area contributed by atoms with E-state index in [1.807, 2.05) is 0 Å². The van der Waals surface area contributed by atoms with Gasteiger partial charge in [-0.1, -0.05) is 0 Å². The minimum Gasteiger partial charge on any atom is -0.469 e. The molecule has 0 saturated carbocycles. The normalized spacial score (nSPS) is 10.3. The van der Waals surface area contributed by atoms with Crippen molar-refractivity contribution in [3.05, 3.63) is 29.8 Å². The molecule has 0 bridgehead atoms. The van der Waals surface area contributed by atoms with E-state index in [9.17, 15) is 18.4 Å². The number of halogens is 2. The average Bonchev–Trinajstić information content (AvgIpc) is 2.47. The fourth-order valence-corrected chi connectivity index (χ4v) is 2.36. The van der Waals surface area contributed by atoms with Crippen LogP contribution >= 0.6 is 11.8 Å². The molecular weight excluding hydrogens is 300 g/mol. The number of benzene rings is 1. The summed E-state index contributed by atoms with van der Waals surface area (Å²) in [4.78, 5) is 24.8. The van der Waals surface area contributed by atoms with E-state index in [0.717, 1.165) is 12.1 Å². The largest absolute Gasteiger partial charge is 0.469 e. The van der Waals surface area contributed by atoms with Crippen molar-refractivity contribution in [2.45, 2.75) is 17.7 Å². The maximum absolute atomic E-state index is 13.0. The van der Waals surface area contributed by atoms with E-state index in [-0.39, 0.29) is 24.7 Å². The molecule has 116 valence electrons. The molecule has 0 aliphatic heterocycles. The van der Waals surface area contributed by atoms with Gasteiger partial charge in [0.1, 0.15) is 0 Å². The highest BCUT2D eigenvalue weighted by Gasteiger charge is 2.11. The summed E-state index contributed by atoms with van der Waals surface area (Å²) < 4.78 is 30.2. The van der Waals surface area contributed by atoms with Crippen LogP contribution < -0.4 is 0 Å². The van der Waals surface area contributed by atoms with E-state index < -0.39 is 11.6 Å². The standard InChI is InChI=1S/C14H17F2NO3S/c1-17(7-5-14(19)20-2)13(18)6-8-21-10-3-4-11(15)12(16)9-10/h3-4,9H,5-8H2,1-2H3. The van der Waals surface area contributed by atoms with Crippen LogP contribution in [-0.2, 0) is 14.3 Å². The predicted octanol–water partition coefficient (Wildman–Crippen LogP) is 2.47. The zero-order valence-corrected chi connectivity index (χ0v) is 12.7. The third-order valence-electron chi connectivity index (χ3n) is 2.78. The molecule has 7 heteroatoms. The molecule has 1 aromatic carbocycles. The van der Waals surface area contributed by atoms with Gasteiger partial charge in [-0.15, -0.1) is 11.8 Å². The third kappa shape index (κ3) is 6.12. The van der Waals surface area contributed by atoms with Crippen LogP contribution in [0.25, 0.3) is 0 Å². The molecule has 1 amide bonds. The van der Waals surface area contributed by atoms with Crippen molar-refractivity contribution in [2.24, 2.45) is 0 Å². The third-order valence-corrected chi connectivity index (χ3v) is 3.78. The molecule has 0 aliphatic rings. The first-order valence-corrected chi connectivity index (χ1v) is 7.31. The van der Waals surface area contributed by atoms with E-state index in [1.165, 1.54) is 29.8 Å². The van der Waals surface area contributed by atoms with E-state index >= 15 is 0 Å². The molecule has 0 heterocycles. The number of methoxy groups -OCH3 is 1. The van der Waals surface area contributed by atoms with E-state index in [2.05, 4.69) is 4.74 Å². The molecule has 1 aromatic rings. The smallest absolute Gasteiger partial charge is 0.307 e. The summed E-state index contributed by atoms with van der Waals surface area (Å²) in [6.07, 6.45) is 0.399. The van der Waals surface area contributed by atoms with Crippen LogP contribution in [0.3, 0.4) is 0 Å². The predicted molar refractivity (Wildman–Crippen MR) is 76.0 cm³/mol. The monoisotopic (exact) mass is 317 g/mol. The summed E-state index contributed by atoms with van der Waals surface area (Å²) >= 11 is 1.27. The van der Waals surface area contributed by atoms with Gasteiger partial charge in [0.15, 0.2) is 11.6 Å². The van der Waals surface area contributed by atoms with Crippen LogP contribution in [0.4, 0.5) is 8.78 Å². The number of hydrogen-bond acceptors (Lipinski definition) is 4. The molecule has 0 atom stereocenters. The number of amides is 1. The summed E-state index contributed by atoms with van der Waals surface area (Å²) in [6.45, 7) is 0.293. The zero-order chi connectivity index (χ0) is 15.8. The van der Waals surface area contributed by atoms with Crippen LogP contribution in [-0.4, -0.2) is 43.2 Å². The lowest BCUT2D eigenvalue weighted by molar-refractivity contribution is -0.141. The lowest BCUT2D eigenvalue weighted by atomic mass is 10.3. The maximum atomic E-state index is 13.0. The highest BCUT2D eigenvalue weighted by Crippen LogP contribution is 2.21. The summed E-state index contributed by atoms with van der Waals surface area (Å²) in [7, 11) is 2.90. The zero-order valence-electron chi connectivity index (χ0n) is 11.9. The fraction of sp³-hybridized carbons (Fsp3) is 0.429. The Balaban J connectivity index is 2.32. The van der Waals surface area contributed by atoms with Crippen molar-refractivity contribution < 1.29 is 23.1 Å². The van der Waals surface area contributed by atoms with Crippen LogP contribution in [0.5, 0.6) is 0 Å². The second-order valence-electron chi connectivity index (χ2n) is 4.32. The van der Waals surface area contributed by atoms with Crippen LogP contribution in [0.1, 0.15) is 12.8 Å². The van der Waals surface area contributed by atoms with Gasteiger partial charge in [0.25, 0.3) is 0 Å². The quantitative estimate of drug-likeness (QED) is 0.572. The number of rotatable bonds is 7. The second-order valence-corrected chi connectivity index (χ2v) is 5.48. The van der Waals surface area contributed by atoms with Gasteiger partial charge in [0.05, 0.1) is 13.5 Å². The Labute approximate surface area is 126 Å². The van der Waals surface area contributed by atoms with Crippen molar-refractivity contribution in [1.29, 1.82) is 0 Å². The lowest BCUT2D eigenvalue weighted by Crippen LogP contribution is -2.29. The molecule has 0 unspecified atom stereocenters. The van der Waals surface area contributed by atoms with Crippen LogP contribution in [0.2, 0.25) is 0 Å². The van der Waals surface area contributed by atoms with E-state index in [4.69, 9.17) is 0 Å². The number of ether oxygens (including phenoxy) is 1. The summed E-state index contributed by atoms with van der Waals surface area (Å²) in [5, 5.41) is 0. The molecule has 0 aliphatic carbocycles. The molecule has 0 saturated heterocycles. The molecule has 4 nitrogen and oxygen atoms in total. The minimum absolute atomic E-state index is 0.117. The minimum atomic E-state index is -0.901. The molecule has 21 heavy (non-hydrogen) atoms. The molecule has 1 rings (SSSR count). The molecular formula is C14H17F2NO3S. The van der Waals surface area contributed by atoms with Gasteiger partial charge in [-0.25, -0.2) is 8.78 Å². The number of nitrogens with zero attached hydrogens (tertiary/aromatic N) is 1. The summed E-state index contributed by atoms with van der Waals surface area (Å²) in [6, 6.07) is 3.63. The Bertz CT molecular complexity index is 511. The van der Waals surface area contributed by atoms with Crippen molar-refractivity contribution >= 4 is 23.6 Å². The van der Waals surface area contributed by atoms with Gasteiger partial charge < -0.3 is 9.64 Å². The Hall–Kier alpha value is -1.63. The van der Waals surface area contributed by atoms with Gasteiger partial charge in [0.2, 0.25) is 5.91 Å². The Morgan fingerprint density at radius 2 is 1.95 bits per heavy atom. The van der Waals surface area contributed by atoms with E-state index in [0.29, 0.717) is 17.2 Å². The van der Waals surface area contributed by atoms with Gasteiger partial charge in [0, 0.05) is 30.7 Å². The molecule has 0 radical (unpaired) electrons. The van der Waals surface area contributed by atoms with Crippen molar-refractivity contribution in [3.8, 4) is 0 Å². The average molecular weight is 317 g/mol. The van der Waals surface area contributed by atoms with Gasteiger partial charge in [-0.2, -0.15) is 0 Å². The first-order chi connectivity index (χ1) is 9.93. The fourth-order valence-electron chi connectivity index (χ4n) is 1.50. The molecule has 0 aromatic heterocycles. The first-order valence-electron chi connectivity index (χ1n) is 6.32. The number of carbonyl (C=O) groups excluding carboxylic acids is 2. The lowest BCUT2D eigenvalue weighted by Gasteiger charge is -2.16. The SMILES string of the molecule is COC(=O)CCN(C)C(=O)CCSc1ccc(F)c(F)c1. The van der Waals surface area contributed by atoms with Gasteiger partial charge in [-0.05, 0) is 18.2 Å². The Morgan fingerprint density at radius 1 is 1.24 bits per heavy atom. The molecule has 0 fully saturated rings. The number of thioether (sulfide) groups is 1. The van der Waals surface area contributed by atoms with Gasteiger partial charge >= 0.3 is 5.97 Å². The molecule has 0 spiro atoms. The van der Waals surface area contributed by atoms with Crippen LogP contribution in [0, 0.1) is 11.6 Å². The first kappa shape index (κ1) is 17.4. The highest BCUT2D eigenvalue weighted by molar-refractivity contribution is 7.99. The second kappa shape index (κ2) is 8.61. The molecule has 0 N–H and O–H groups in total. The number of hydrogen-bond donors (Lipinski definition) is 0. The Kier molecular flexibility index (Phi) is 7.14. The van der Waals surface area contributed by atoms with E-state index in [1.54, 1.807) is 7.05 Å². The van der Waals surface area contributed by atoms with Crippen molar-refractivity contribution in [2.75, 3.05) is 26.5 Å². The Morgan fingerprint density at radius 3 is 2.57 bits per heavy atom. The number of carbonyl (C=O) groups is 2. The maximum Gasteiger partial charge on any atom is 0.307 e. The highest BCUT2D eigenvalue weighted by atomic mass is 32.2. The van der Waals surface area contributed by atoms with Crippen molar-refractivity contribution in [1.82, 2.24) is 4.90 Å². The number of esters is 1. The summed E-state index contributed by atoms with van der Waals surface area (Å²) in [5.41, 5.74) is 0. The topological polar surface area (TPSA) is 46.6 Å². The van der Waals surface area contributed by atoms with Crippen molar-refractivity contribution in [3.63, 3.8) is 0 Å². The van der Waals surface area contributed by atoms with Gasteiger partial charge in [-0.3, -0.25) is 9.59 Å². The summed E-state index contributed by atoms with van der Waals surface area (Å²) in [5.74, 6) is -1.83.